The van der Waals surface area contributed by atoms with E-state index in [-0.39, 0.29) is 0 Å². The first-order valence-corrected chi connectivity index (χ1v) is 9.15. The molecule has 0 amide bonds. The molecular weight excluding hydrogens is 312 g/mol. The van der Waals surface area contributed by atoms with Crippen molar-refractivity contribution in [1.82, 2.24) is 9.78 Å². The van der Waals surface area contributed by atoms with Crippen molar-refractivity contribution in [3.8, 4) is 0 Å². The summed E-state index contributed by atoms with van der Waals surface area (Å²) in [5, 5.41) is 4.23. The Morgan fingerprint density at radius 3 is 2.54 bits per heavy atom. The molecule has 1 aromatic carbocycles. The molecule has 1 aromatic heterocycles. The van der Waals surface area contributed by atoms with Gasteiger partial charge in [0.15, 0.2) is 0 Å². The van der Waals surface area contributed by atoms with Crippen LogP contribution in [-0.2, 0) is 19.2 Å². The molecule has 2 nitrogen and oxygen atoms in total. The van der Waals surface area contributed by atoms with Gasteiger partial charge in [-0.05, 0) is 54.0 Å². The summed E-state index contributed by atoms with van der Waals surface area (Å²) in [6.45, 7) is 10.6. The Hall–Kier alpha value is -2.00. The van der Waals surface area contributed by atoms with Crippen LogP contribution in [0.5, 0.6) is 0 Å². The third-order valence-corrected chi connectivity index (χ3v) is 4.93. The van der Waals surface area contributed by atoms with Gasteiger partial charge in [-0.15, -0.1) is 11.8 Å². The highest BCUT2D eigenvalue weighted by Crippen LogP contribution is 2.25. The molecule has 2 rings (SSSR count). The molecule has 0 unspecified atom stereocenters. The topological polar surface area (TPSA) is 17.8 Å². The summed E-state index contributed by atoms with van der Waals surface area (Å²) in [7, 11) is 1.94. The zero-order chi connectivity index (χ0) is 17.5. The van der Waals surface area contributed by atoms with Gasteiger partial charge in [-0.25, -0.2) is 0 Å². The number of nitrogens with zero attached hydrogens (tertiary/aromatic N) is 2. The Morgan fingerprint density at radius 1 is 1.25 bits per heavy atom. The predicted molar refractivity (Wildman–Crippen MR) is 106 cm³/mol. The summed E-state index contributed by atoms with van der Waals surface area (Å²) in [4.78, 5) is 1.28. The number of rotatable bonds is 7. The van der Waals surface area contributed by atoms with Crippen LogP contribution in [-0.4, -0.2) is 9.78 Å². The van der Waals surface area contributed by atoms with Crippen LogP contribution in [0.3, 0.4) is 0 Å². The summed E-state index contributed by atoms with van der Waals surface area (Å²) < 4.78 is 1.84. The van der Waals surface area contributed by atoms with Crippen molar-refractivity contribution in [2.75, 3.05) is 0 Å². The van der Waals surface area contributed by atoms with Crippen LogP contribution in [0.2, 0.25) is 0 Å². The average molecular weight is 339 g/mol. The van der Waals surface area contributed by atoms with Crippen molar-refractivity contribution in [2.24, 2.45) is 7.05 Å². The molecule has 2 aromatic rings. The smallest absolute Gasteiger partial charge is 0.0525 e. The second-order valence-electron chi connectivity index (χ2n) is 6.07. The lowest BCUT2D eigenvalue weighted by Gasteiger charge is -2.08. The zero-order valence-corrected chi connectivity index (χ0v) is 15.9. The molecule has 3 heteroatoms. The predicted octanol–water partition coefficient (Wildman–Crippen LogP) is 5.61. The van der Waals surface area contributed by atoms with E-state index in [1.54, 1.807) is 0 Å². The molecule has 0 bridgehead atoms. The molecule has 0 aliphatic heterocycles. The van der Waals surface area contributed by atoms with E-state index in [2.05, 4.69) is 75.1 Å². The van der Waals surface area contributed by atoms with Gasteiger partial charge in [0.2, 0.25) is 0 Å². The lowest BCUT2D eigenvalue weighted by atomic mass is 10.0. The maximum absolute atomic E-state index is 4.25. The maximum atomic E-state index is 4.25. The van der Waals surface area contributed by atoms with E-state index in [0.717, 1.165) is 17.7 Å². The van der Waals surface area contributed by atoms with Crippen molar-refractivity contribution < 1.29 is 0 Å². The van der Waals surface area contributed by atoms with Crippen LogP contribution in [0.25, 0.3) is 0 Å². The number of thioether (sulfide) groups is 1. The third-order valence-electron chi connectivity index (χ3n) is 3.88. The second kappa shape index (κ2) is 8.74. The molecule has 0 atom stereocenters. The van der Waals surface area contributed by atoms with Crippen molar-refractivity contribution >= 4 is 11.8 Å². The molecule has 0 aliphatic carbocycles. The highest BCUT2D eigenvalue weighted by atomic mass is 32.2. The number of aromatic nitrogens is 2. The molecule has 126 valence electrons. The Bertz CT molecular complexity index is 748. The van der Waals surface area contributed by atoms with E-state index in [1.807, 2.05) is 29.7 Å². The summed E-state index contributed by atoms with van der Waals surface area (Å²) in [6.07, 6.45) is 9.17. The first kappa shape index (κ1) is 18.3. The zero-order valence-electron chi connectivity index (χ0n) is 15.0. The summed E-state index contributed by atoms with van der Waals surface area (Å²) in [5.41, 5.74) is 6.20. The van der Waals surface area contributed by atoms with E-state index in [4.69, 9.17) is 0 Å². The van der Waals surface area contributed by atoms with Gasteiger partial charge in [-0.2, -0.15) is 5.10 Å². The minimum absolute atomic E-state index is 0.871. The maximum Gasteiger partial charge on any atom is 0.0525 e. The summed E-state index contributed by atoms with van der Waals surface area (Å²) >= 11 is 1.86. The number of aryl methyl sites for hydroxylation is 2. The van der Waals surface area contributed by atoms with Crippen molar-refractivity contribution in [3.63, 3.8) is 0 Å². The molecule has 24 heavy (non-hydrogen) atoms. The SMILES string of the molecule is C=C(/C=C(\C)SCc1ccc(C)cc1)/C(=C\C)Cc1cnn(C)c1. The van der Waals surface area contributed by atoms with Crippen LogP contribution < -0.4 is 0 Å². The lowest BCUT2D eigenvalue weighted by molar-refractivity contribution is 0.767. The fraction of sp³-hybridized carbons (Fsp3) is 0.286. The fourth-order valence-electron chi connectivity index (χ4n) is 2.45. The highest BCUT2D eigenvalue weighted by molar-refractivity contribution is 8.02. The Labute approximate surface area is 150 Å². The molecule has 0 N–H and O–H groups in total. The molecule has 0 fully saturated rings. The van der Waals surface area contributed by atoms with Gasteiger partial charge in [-0.3, -0.25) is 4.68 Å². The van der Waals surface area contributed by atoms with Gasteiger partial charge in [-0.1, -0.05) is 42.5 Å². The first-order chi connectivity index (χ1) is 11.5. The third kappa shape index (κ3) is 5.57. The van der Waals surface area contributed by atoms with E-state index >= 15 is 0 Å². The number of hydrogen-bond acceptors (Lipinski definition) is 2. The minimum atomic E-state index is 0.871. The molecule has 0 spiro atoms. The van der Waals surface area contributed by atoms with Gasteiger partial charge < -0.3 is 0 Å². The average Bonchev–Trinajstić information content (AvgIpc) is 2.97. The number of allylic oxidation sites excluding steroid dienone is 5. The Morgan fingerprint density at radius 2 is 1.96 bits per heavy atom. The van der Waals surface area contributed by atoms with Crippen molar-refractivity contribution in [1.29, 1.82) is 0 Å². The Kier molecular flexibility index (Phi) is 6.68. The fourth-order valence-corrected chi connectivity index (χ4v) is 3.26. The lowest BCUT2D eigenvalue weighted by Crippen LogP contribution is -1.92. The van der Waals surface area contributed by atoms with E-state index in [1.165, 1.54) is 27.2 Å². The van der Waals surface area contributed by atoms with Crippen molar-refractivity contribution in [3.05, 3.63) is 88.1 Å². The van der Waals surface area contributed by atoms with E-state index in [9.17, 15) is 0 Å². The number of hydrogen-bond donors (Lipinski definition) is 0. The van der Waals surface area contributed by atoms with E-state index in [0.29, 0.717) is 0 Å². The Balaban J connectivity index is 1.94. The van der Waals surface area contributed by atoms with Gasteiger partial charge in [0.25, 0.3) is 0 Å². The molecule has 0 saturated carbocycles. The van der Waals surface area contributed by atoms with Crippen LogP contribution in [0.15, 0.2) is 71.4 Å². The highest BCUT2D eigenvalue weighted by Gasteiger charge is 2.05. The largest absolute Gasteiger partial charge is 0.276 e. The quantitative estimate of drug-likeness (QED) is 0.611. The van der Waals surface area contributed by atoms with Crippen LogP contribution in [0.4, 0.5) is 0 Å². The monoisotopic (exact) mass is 338 g/mol. The van der Waals surface area contributed by atoms with Gasteiger partial charge in [0.05, 0.1) is 6.20 Å². The van der Waals surface area contributed by atoms with Crippen LogP contribution >= 0.6 is 11.8 Å². The molecule has 0 aliphatic rings. The normalized spacial score (nSPS) is 12.5. The second-order valence-corrected chi connectivity index (χ2v) is 7.29. The standard InChI is InChI=1S/C21H26N2S/c1-6-21(12-20-13-22-23(5)14-20)17(3)11-18(4)24-15-19-9-7-16(2)8-10-19/h6-11,13-14H,3,12,15H2,1-2,4-5H3/b18-11+,21-6-. The van der Waals surface area contributed by atoms with Gasteiger partial charge in [0, 0.05) is 25.4 Å². The molecule has 0 radical (unpaired) electrons. The van der Waals surface area contributed by atoms with Gasteiger partial charge >= 0.3 is 0 Å². The number of benzene rings is 1. The minimum Gasteiger partial charge on any atom is -0.276 e. The van der Waals surface area contributed by atoms with E-state index < -0.39 is 0 Å². The van der Waals surface area contributed by atoms with Crippen LogP contribution in [0.1, 0.15) is 30.5 Å². The van der Waals surface area contributed by atoms with Gasteiger partial charge in [0.1, 0.15) is 0 Å². The van der Waals surface area contributed by atoms with Crippen LogP contribution in [0, 0.1) is 6.92 Å². The molecular formula is C21H26N2S. The van der Waals surface area contributed by atoms with Crippen molar-refractivity contribution in [2.45, 2.75) is 32.9 Å². The summed E-state index contributed by atoms with van der Waals surface area (Å²) in [5.74, 6) is 0.990. The summed E-state index contributed by atoms with van der Waals surface area (Å²) in [6, 6.07) is 8.73. The molecule has 0 saturated heterocycles. The first-order valence-electron chi connectivity index (χ1n) is 8.16. The molecule has 1 heterocycles.